The zero-order valence-corrected chi connectivity index (χ0v) is 15.1. The van der Waals surface area contributed by atoms with E-state index in [1.54, 1.807) is 0 Å². The first kappa shape index (κ1) is 18.2. The minimum absolute atomic E-state index is 0.365. The van der Waals surface area contributed by atoms with Gasteiger partial charge in [0.15, 0.2) is 0 Å². The van der Waals surface area contributed by atoms with Crippen molar-refractivity contribution < 1.29 is 0 Å². The SMILES string of the molecule is CCCNC(Cc1ccn(C(C)C)n1)CC(C)C(C)(C)C. The molecule has 3 nitrogen and oxygen atoms in total. The molecular weight excluding hydrogens is 258 g/mol. The van der Waals surface area contributed by atoms with Crippen LogP contribution in [-0.2, 0) is 6.42 Å². The lowest BCUT2D eigenvalue weighted by atomic mass is 9.78. The molecule has 1 aromatic rings. The molecule has 1 heterocycles. The molecule has 1 aromatic heterocycles. The Bertz CT molecular complexity index is 401. The highest BCUT2D eigenvalue weighted by atomic mass is 15.3. The fourth-order valence-corrected chi connectivity index (χ4v) is 2.39. The van der Waals surface area contributed by atoms with Crippen LogP contribution in [-0.4, -0.2) is 22.4 Å². The van der Waals surface area contributed by atoms with Crippen molar-refractivity contribution in [2.75, 3.05) is 6.54 Å². The monoisotopic (exact) mass is 293 g/mol. The Hall–Kier alpha value is -0.830. The lowest BCUT2D eigenvalue weighted by molar-refractivity contribution is 0.221. The van der Waals surface area contributed by atoms with E-state index in [9.17, 15) is 0 Å². The van der Waals surface area contributed by atoms with Crippen molar-refractivity contribution >= 4 is 0 Å². The summed E-state index contributed by atoms with van der Waals surface area (Å²) in [5, 5.41) is 8.41. The highest BCUT2D eigenvalue weighted by Gasteiger charge is 2.24. The van der Waals surface area contributed by atoms with Crippen LogP contribution in [0, 0.1) is 11.3 Å². The second-order valence-corrected chi connectivity index (χ2v) is 7.74. The summed E-state index contributed by atoms with van der Waals surface area (Å²) in [4.78, 5) is 0. The van der Waals surface area contributed by atoms with Crippen LogP contribution < -0.4 is 5.32 Å². The summed E-state index contributed by atoms with van der Waals surface area (Å²) in [6, 6.07) is 3.13. The Kier molecular flexibility index (Phi) is 6.92. The van der Waals surface area contributed by atoms with Gasteiger partial charge in [0, 0.05) is 24.7 Å². The molecule has 0 aromatic carbocycles. The molecule has 0 saturated carbocycles. The van der Waals surface area contributed by atoms with Crippen LogP contribution in [0.1, 0.15) is 73.0 Å². The van der Waals surface area contributed by atoms with E-state index in [-0.39, 0.29) is 0 Å². The smallest absolute Gasteiger partial charge is 0.0640 e. The van der Waals surface area contributed by atoms with Crippen LogP contribution in [0.15, 0.2) is 12.3 Å². The molecule has 0 aliphatic heterocycles. The zero-order chi connectivity index (χ0) is 16.0. The van der Waals surface area contributed by atoms with Gasteiger partial charge >= 0.3 is 0 Å². The highest BCUT2D eigenvalue weighted by molar-refractivity contribution is 5.02. The lowest BCUT2D eigenvalue weighted by Crippen LogP contribution is -2.36. The quantitative estimate of drug-likeness (QED) is 0.767. The molecule has 0 fully saturated rings. The normalized spacial score (nSPS) is 15.4. The van der Waals surface area contributed by atoms with Crippen molar-refractivity contribution in [2.24, 2.45) is 11.3 Å². The van der Waals surface area contributed by atoms with Gasteiger partial charge in [0.25, 0.3) is 0 Å². The molecule has 0 spiro atoms. The van der Waals surface area contributed by atoms with Gasteiger partial charge in [-0.1, -0.05) is 34.6 Å². The Morgan fingerprint density at radius 1 is 1.24 bits per heavy atom. The van der Waals surface area contributed by atoms with E-state index in [4.69, 9.17) is 5.10 Å². The summed E-state index contributed by atoms with van der Waals surface area (Å²) in [5.74, 6) is 0.694. The predicted molar refractivity (Wildman–Crippen MR) is 91.6 cm³/mol. The second-order valence-electron chi connectivity index (χ2n) is 7.74. The van der Waals surface area contributed by atoms with E-state index in [2.05, 4.69) is 70.7 Å². The van der Waals surface area contributed by atoms with Crippen molar-refractivity contribution in [3.8, 4) is 0 Å². The number of nitrogens with one attached hydrogen (secondary N) is 1. The van der Waals surface area contributed by atoms with E-state index < -0.39 is 0 Å². The second kappa shape index (κ2) is 7.98. The van der Waals surface area contributed by atoms with Crippen LogP contribution in [0.4, 0.5) is 0 Å². The maximum absolute atomic E-state index is 4.70. The van der Waals surface area contributed by atoms with Gasteiger partial charge in [-0.25, -0.2) is 0 Å². The minimum Gasteiger partial charge on any atom is -0.314 e. The maximum atomic E-state index is 4.70. The molecule has 1 rings (SSSR count). The van der Waals surface area contributed by atoms with Gasteiger partial charge in [0.1, 0.15) is 0 Å². The summed E-state index contributed by atoms with van der Waals surface area (Å²) in [5.41, 5.74) is 1.57. The van der Waals surface area contributed by atoms with Crippen LogP contribution in [0.25, 0.3) is 0 Å². The molecule has 0 amide bonds. The molecule has 0 radical (unpaired) electrons. The van der Waals surface area contributed by atoms with Crippen LogP contribution in [0.3, 0.4) is 0 Å². The van der Waals surface area contributed by atoms with E-state index in [0.717, 1.165) is 13.0 Å². The van der Waals surface area contributed by atoms with Crippen LogP contribution in [0.2, 0.25) is 0 Å². The van der Waals surface area contributed by atoms with E-state index in [0.29, 0.717) is 23.4 Å². The molecule has 0 saturated heterocycles. The van der Waals surface area contributed by atoms with Gasteiger partial charge in [-0.2, -0.15) is 5.10 Å². The Balaban J connectivity index is 2.68. The molecule has 0 aliphatic carbocycles. The third-order valence-electron chi connectivity index (χ3n) is 4.45. The number of hydrogen-bond donors (Lipinski definition) is 1. The molecule has 122 valence electrons. The van der Waals surface area contributed by atoms with Crippen LogP contribution in [0.5, 0.6) is 0 Å². The average Bonchev–Trinajstić information content (AvgIpc) is 2.83. The highest BCUT2D eigenvalue weighted by Crippen LogP contribution is 2.29. The Morgan fingerprint density at radius 2 is 1.90 bits per heavy atom. The summed E-state index contributed by atoms with van der Waals surface area (Å²) >= 11 is 0. The first-order valence-corrected chi connectivity index (χ1v) is 8.51. The summed E-state index contributed by atoms with van der Waals surface area (Å²) < 4.78 is 2.05. The fraction of sp³-hybridized carbons (Fsp3) is 0.833. The predicted octanol–water partition coefficient (Wildman–Crippen LogP) is 4.45. The third kappa shape index (κ3) is 6.21. The maximum Gasteiger partial charge on any atom is 0.0640 e. The number of rotatable bonds is 8. The number of hydrogen-bond acceptors (Lipinski definition) is 2. The standard InChI is InChI=1S/C18H35N3/c1-8-10-19-17(12-15(4)18(5,6)7)13-16-9-11-21(20-16)14(2)3/h9,11,14-15,17,19H,8,10,12-13H2,1-7H3. The first-order chi connectivity index (χ1) is 9.74. The molecule has 0 aliphatic rings. The van der Waals surface area contributed by atoms with Crippen molar-refractivity contribution in [3.05, 3.63) is 18.0 Å². The van der Waals surface area contributed by atoms with Gasteiger partial charge in [0.05, 0.1) is 5.69 Å². The molecule has 3 heteroatoms. The topological polar surface area (TPSA) is 29.9 Å². The molecule has 21 heavy (non-hydrogen) atoms. The Morgan fingerprint density at radius 3 is 2.38 bits per heavy atom. The van der Waals surface area contributed by atoms with Gasteiger partial charge < -0.3 is 5.32 Å². The van der Waals surface area contributed by atoms with Gasteiger partial charge in [-0.05, 0) is 50.6 Å². The van der Waals surface area contributed by atoms with E-state index in [1.165, 1.54) is 18.5 Å². The first-order valence-electron chi connectivity index (χ1n) is 8.51. The molecular formula is C18H35N3. The van der Waals surface area contributed by atoms with Crippen molar-refractivity contribution in [3.63, 3.8) is 0 Å². The third-order valence-corrected chi connectivity index (χ3v) is 4.45. The minimum atomic E-state index is 0.365. The van der Waals surface area contributed by atoms with Crippen molar-refractivity contribution in [1.82, 2.24) is 15.1 Å². The van der Waals surface area contributed by atoms with Gasteiger partial charge in [-0.15, -0.1) is 0 Å². The average molecular weight is 293 g/mol. The van der Waals surface area contributed by atoms with E-state index >= 15 is 0 Å². The van der Waals surface area contributed by atoms with Crippen molar-refractivity contribution in [1.29, 1.82) is 0 Å². The molecule has 1 N–H and O–H groups in total. The number of aromatic nitrogens is 2. The fourth-order valence-electron chi connectivity index (χ4n) is 2.39. The van der Waals surface area contributed by atoms with Crippen molar-refractivity contribution in [2.45, 2.75) is 79.8 Å². The number of nitrogens with zero attached hydrogens (tertiary/aromatic N) is 2. The van der Waals surface area contributed by atoms with Gasteiger partial charge in [-0.3, -0.25) is 4.68 Å². The summed E-state index contributed by atoms with van der Waals surface area (Å²) in [6.45, 7) is 17.0. The summed E-state index contributed by atoms with van der Waals surface area (Å²) in [6.07, 6.45) is 5.52. The zero-order valence-electron chi connectivity index (χ0n) is 15.1. The molecule has 2 atom stereocenters. The lowest BCUT2D eigenvalue weighted by Gasteiger charge is -2.31. The van der Waals surface area contributed by atoms with Crippen LogP contribution >= 0.6 is 0 Å². The summed E-state index contributed by atoms with van der Waals surface area (Å²) in [7, 11) is 0. The van der Waals surface area contributed by atoms with Gasteiger partial charge in [0.2, 0.25) is 0 Å². The Labute approximate surface area is 131 Å². The van der Waals surface area contributed by atoms with E-state index in [1.807, 2.05) is 0 Å². The molecule has 0 bridgehead atoms. The largest absolute Gasteiger partial charge is 0.314 e. The molecule has 2 unspecified atom stereocenters.